The van der Waals surface area contributed by atoms with Gasteiger partial charge in [0.1, 0.15) is 5.75 Å². The van der Waals surface area contributed by atoms with Gasteiger partial charge in [-0.2, -0.15) is 5.10 Å². The van der Waals surface area contributed by atoms with Gasteiger partial charge in [-0.3, -0.25) is 4.79 Å². The van der Waals surface area contributed by atoms with Gasteiger partial charge in [0.05, 0.1) is 6.21 Å². The average molecular weight is 324 g/mol. The molecule has 4 nitrogen and oxygen atoms in total. The number of nitrogens with zero attached hydrogens (tertiary/aromatic N) is 1. The number of rotatable bonds is 7. The predicted molar refractivity (Wildman–Crippen MR) is 97.6 cm³/mol. The third-order valence-electron chi connectivity index (χ3n) is 3.87. The van der Waals surface area contributed by atoms with E-state index in [0.717, 1.165) is 28.9 Å². The predicted octanol–water partition coefficient (Wildman–Crippen LogP) is 4.04. The van der Waals surface area contributed by atoms with E-state index in [0.29, 0.717) is 5.92 Å². The minimum Gasteiger partial charge on any atom is -0.483 e. The number of hydrogen-bond acceptors (Lipinski definition) is 3. The lowest BCUT2D eigenvalue weighted by Gasteiger charge is -2.15. The number of carbonyl (C=O) groups is 1. The SMILES string of the molecule is CCC(C)c1ccccc1OCC(=O)N/N=C/c1cccc(C)c1. The molecular formula is C20H24N2O2. The van der Waals surface area contributed by atoms with Gasteiger partial charge in [0.15, 0.2) is 6.61 Å². The van der Waals surface area contributed by atoms with E-state index in [1.807, 2.05) is 55.5 Å². The van der Waals surface area contributed by atoms with Gasteiger partial charge in [-0.25, -0.2) is 5.43 Å². The molecule has 0 aliphatic rings. The lowest BCUT2D eigenvalue weighted by atomic mass is 9.98. The molecule has 1 atom stereocenters. The molecule has 1 N–H and O–H groups in total. The molecule has 4 heteroatoms. The van der Waals surface area contributed by atoms with Crippen molar-refractivity contribution in [3.8, 4) is 5.75 Å². The minimum atomic E-state index is -0.280. The summed E-state index contributed by atoms with van der Waals surface area (Å²) in [6.45, 7) is 6.24. The van der Waals surface area contributed by atoms with Crippen molar-refractivity contribution in [3.63, 3.8) is 0 Å². The Bertz CT molecular complexity index is 710. The summed E-state index contributed by atoms with van der Waals surface area (Å²) in [5, 5.41) is 3.96. The molecule has 1 unspecified atom stereocenters. The molecule has 0 heterocycles. The van der Waals surface area contributed by atoms with Gasteiger partial charge in [0.2, 0.25) is 0 Å². The van der Waals surface area contributed by atoms with E-state index < -0.39 is 0 Å². The minimum absolute atomic E-state index is 0.0569. The van der Waals surface area contributed by atoms with Gasteiger partial charge in [-0.05, 0) is 36.5 Å². The molecule has 0 saturated carbocycles. The molecular weight excluding hydrogens is 300 g/mol. The second-order valence-corrected chi connectivity index (χ2v) is 5.84. The van der Waals surface area contributed by atoms with Gasteiger partial charge >= 0.3 is 0 Å². The van der Waals surface area contributed by atoms with Gasteiger partial charge in [-0.1, -0.05) is 61.9 Å². The summed E-state index contributed by atoms with van der Waals surface area (Å²) in [5.41, 5.74) is 5.70. The van der Waals surface area contributed by atoms with E-state index in [9.17, 15) is 4.79 Å². The van der Waals surface area contributed by atoms with Crippen LogP contribution < -0.4 is 10.2 Å². The fourth-order valence-electron chi connectivity index (χ4n) is 2.34. The van der Waals surface area contributed by atoms with Crippen LogP contribution in [0.5, 0.6) is 5.75 Å². The van der Waals surface area contributed by atoms with Gasteiger partial charge in [-0.15, -0.1) is 0 Å². The van der Waals surface area contributed by atoms with Crippen molar-refractivity contribution in [1.82, 2.24) is 5.43 Å². The van der Waals surface area contributed by atoms with Crippen LogP contribution >= 0.6 is 0 Å². The highest BCUT2D eigenvalue weighted by Crippen LogP contribution is 2.28. The smallest absolute Gasteiger partial charge is 0.277 e. The Hall–Kier alpha value is -2.62. The number of hydrogen-bond donors (Lipinski definition) is 1. The Balaban J connectivity index is 1.88. The molecule has 0 spiro atoms. The van der Waals surface area contributed by atoms with Crippen LogP contribution in [0.25, 0.3) is 0 Å². The second-order valence-electron chi connectivity index (χ2n) is 5.84. The molecule has 0 fully saturated rings. The number of carbonyl (C=O) groups excluding carboxylic acids is 1. The maximum Gasteiger partial charge on any atom is 0.277 e. The normalized spacial score (nSPS) is 12.1. The summed E-state index contributed by atoms with van der Waals surface area (Å²) in [7, 11) is 0. The number of aryl methyl sites for hydroxylation is 1. The number of para-hydroxylation sites is 1. The van der Waals surface area contributed by atoms with Crippen molar-refractivity contribution in [2.75, 3.05) is 6.61 Å². The summed E-state index contributed by atoms with van der Waals surface area (Å²) in [4.78, 5) is 11.9. The van der Waals surface area contributed by atoms with E-state index in [4.69, 9.17) is 4.74 Å². The Labute approximate surface area is 143 Å². The van der Waals surface area contributed by atoms with Gasteiger partial charge in [0.25, 0.3) is 5.91 Å². The molecule has 2 aromatic rings. The summed E-state index contributed by atoms with van der Waals surface area (Å²) in [5.74, 6) is 0.867. The number of hydrazone groups is 1. The topological polar surface area (TPSA) is 50.7 Å². The van der Waals surface area contributed by atoms with E-state index >= 15 is 0 Å². The first-order chi connectivity index (χ1) is 11.6. The maximum absolute atomic E-state index is 11.9. The van der Waals surface area contributed by atoms with Gasteiger partial charge in [0, 0.05) is 0 Å². The first-order valence-electron chi connectivity index (χ1n) is 8.20. The molecule has 2 rings (SSSR count). The molecule has 24 heavy (non-hydrogen) atoms. The number of nitrogens with one attached hydrogen (secondary N) is 1. The molecule has 1 amide bonds. The Morgan fingerprint density at radius 2 is 2.04 bits per heavy atom. The highest BCUT2D eigenvalue weighted by molar-refractivity contribution is 5.83. The first-order valence-corrected chi connectivity index (χ1v) is 8.20. The van der Waals surface area contributed by atoms with Crippen LogP contribution in [0.2, 0.25) is 0 Å². The fraction of sp³-hybridized carbons (Fsp3) is 0.300. The van der Waals surface area contributed by atoms with E-state index in [1.165, 1.54) is 0 Å². The Kier molecular flexibility index (Phi) is 6.55. The summed E-state index contributed by atoms with van der Waals surface area (Å²) in [6.07, 6.45) is 2.64. The van der Waals surface area contributed by atoms with Crippen molar-refractivity contribution < 1.29 is 9.53 Å². The standard InChI is InChI=1S/C20H24N2O2/c1-4-16(3)18-10-5-6-11-19(18)24-14-20(23)22-21-13-17-9-7-8-15(2)12-17/h5-13,16H,4,14H2,1-3H3,(H,22,23)/b21-13+. The van der Waals surface area contributed by atoms with E-state index in [-0.39, 0.29) is 12.5 Å². The van der Waals surface area contributed by atoms with Crippen LogP contribution in [0.4, 0.5) is 0 Å². The highest BCUT2D eigenvalue weighted by atomic mass is 16.5. The zero-order valence-corrected chi connectivity index (χ0v) is 14.5. The van der Waals surface area contributed by atoms with Crippen LogP contribution in [-0.2, 0) is 4.79 Å². The molecule has 0 bridgehead atoms. The summed E-state index contributed by atoms with van der Waals surface area (Å²) in [6, 6.07) is 15.7. The Morgan fingerprint density at radius 1 is 1.25 bits per heavy atom. The van der Waals surface area contributed by atoms with Crippen molar-refractivity contribution in [2.24, 2.45) is 5.10 Å². The zero-order chi connectivity index (χ0) is 17.4. The van der Waals surface area contributed by atoms with Gasteiger partial charge < -0.3 is 4.74 Å². The first kappa shape index (κ1) is 17.7. The van der Waals surface area contributed by atoms with E-state index in [2.05, 4.69) is 24.4 Å². The molecule has 0 saturated heterocycles. The third kappa shape index (κ3) is 5.23. The van der Waals surface area contributed by atoms with Crippen LogP contribution in [0.1, 0.15) is 42.9 Å². The lowest BCUT2D eigenvalue weighted by molar-refractivity contribution is -0.123. The number of ether oxygens (including phenoxy) is 1. The van der Waals surface area contributed by atoms with Crippen LogP contribution in [0, 0.1) is 6.92 Å². The van der Waals surface area contributed by atoms with Crippen molar-refractivity contribution >= 4 is 12.1 Å². The van der Waals surface area contributed by atoms with Crippen molar-refractivity contribution in [3.05, 3.63) is 65.2 Å². The highest BCUT2D eigenvalue weighted by Gasteiger charge is 2.10. The maximum atomic E-state index is 11.9. The van der Waals surface area contributed by atoms with Crippen molar-refractivity contribution in [2.45, 2.75) is 33.1 Å². The number of benzene rings is 2. The summed E-state index contributed by atoms with van der Waals surface area (Å²) >= 11 is 0. The zero-order valence-electron chi connectivity index (χ0n) is 14.5. The van der Waals surface area contributed by atoms with Crippen LogP contribution in [0.15, 0.2) is 53.6 Å². The quantitative estimate of drug-likeness (QED) is 0.617. The molecule has 0 aromatic heterocycles. The largest absolute Gasteiger partial charge is 0.483 e. The number of amides is 1. The Morgan fingerprint density at radius 3 is 2.79 bits per heavy atom. The molecule has 2 aromatic carbocycles. The second kappa shape index (κ2) is 8.87. The lowest BCUT2D eigenvalue weighted by Crippen LogP contribution is -2.25. The van der Waals surface area contributed by atoms with Crippen LogP contribution in [-0.4, -0.2) is 18.7 Å². The van der Waals surface area contributed by atoms with E-state index in [1.54, 1.807) is 6.21 Å². The molecule has 0 radical (unpaired) electrons. The molecule has 0 aliphatic carbocycles. The monoisotopic (exact) mass is 324 g/mol. The fourth-order valence-corrected chi connectivity index (χ4v) is 2.34. The molecule has 0 aliphatic heterocycles. The molecule has 126 valence electrons. The van der Waals surface area contributed by atoms with Crippen molar-refractivity contribution in [1.29, 1.82) is 0 Å². The summed E-state index contributed by atoms with van der Waals surface area (Å²) < 4.78 is 5.66. The third-order valence-corrected chi connectivity index (χ3v) is 3.87. The van der Waals surface area contributed by atoms with Crippen LogP contribution in [0.3, 0.4) is 0 Å². The average Bonchev–Trinajstić information content (AvgIpc) is 2.59.